The van der Waals surface area contributed by atoms with Gasteiger partial charge in [0.05, 0.1) is 7.11 Å². The van der Waals surface area contributed by atoms with E-state index in [1.165, 1.54) is 22.3 Å². The molecule has 0 spiro atoms. The van der Waals surface area contributed by atoms with E-state index in [2.05, 4.69) is 33.8 Å². The van der Waals surface area contributed by atoms with Gasteiger partial charge in [-0.05, 0) is 55.9 Å². The van der Waals surface area contributed by atoms with Crippen LogP contribution in [0.25, 0.3) is 0 Å². The highest BCUT2D eigenvalue weighted by Crippen LogP contribution is 2.29. The monoisotopic (exact) mass is 257 g/mol. The molecule has 17 heavy (non-hydrogen) atoms. The zero-order chi connectivity index (χ0) is 12.3. The molecule has 0 aromatic heterocycles. The van der Waals surface area contributed by atoms with Crippen LogP contribution in [0.5, 0.6) is 5.75 Å². The number of ether oxygens (including phenoxy) is 1. The van der Waals surface area contributed by atoms with Gasteiger partial charge in [-0.1, -0.05) is 13.0 Å². The second-order valence-electron chi connectivity index (χ2n) is 4.51. The summed E-state index contributed by atoms with van der Waals surface area (Å²) in [5.74, 6) is 1.01. The number of rotatable bonds is 4. The van der Waals surface area contributed by atoms with Gasteiger partial charge in [0.25, 0.3) is 0 Å². The van der Waals surface area contributed by atoms with Crippen LogP contribution in [-0.2, 0) is 6.42 Å². The maximum absolute atomic E-state index is 6.01. The largest absolute Gasteiger partial charge is 0.496 e. The maximum Gasteiger partial charge on any atom is 0.124 e. The molecule has 1 aromatic rings. The van der Waals surface area contributed by atoms with Crippen LogP contribution < -0.4 is 10.5 Å². The molecule has 3 heteroatoms. The Morgan fingerprint density at radius 2 is 1.82 bits per heavy atom. The van der Waals surface area contributed by atoms with Crippen molar-refractivity contribution in [2.24, 2.45) is 5.73 Å². The summed E-state index contributed by atoms with van der Waals surface area (Å²) in [5.41, 5.74) is 11.1. The maximum atomic E-state index is 6.01. The second-order valence-corrected chi connectivity index (χ2v) is 4.51. The topological polar surface area (TPSA) is 35.2 Å². The molecule has 0 amide bonds. The highest BCUT2D eigenvalue weighted by atomic mass is 35.5. The number of benzene rings is 1. The Labute approximate surface area is 111 Å². The Kier molecular flexibility index (Phi) is 6.58. The Morgan fingerprint density at radius 1 is 1.24 bits per heavy atom. The molecule has 0 saturated heterocycles. The summed E-state index contributed by atoms with van der Waals surface area (Å²) in [4.78, 5) is 0. The summed E-state index contributed by atoms with van der Waals surface area (Å²) in [6.45, 7) is 8.48. The van der Waals surface area contributed by atoms with Crippen LogP contribution in [-0.4, -0.2) is 13.2 Å². The molecule has 0 fully saturated rings. The molecular weight excluding hydrogens is 234 g/mol. The first-order valence-corrected chi connectivity index (χ1v) is 5.90. The van der Waals surface area contributed by atoms with E-state index in [1.54, 1.807) is 7.11 Å². The minimum atomic E-state index is 0. The zero-order valence-corrected chi connectivity index (χ0v) is 12.3. The van der Waals surface area contributed by atoms with Crippen LogP contribution >= 0.6 is 12.4 Å². The van der Waals surface area contributed by atoms with Gasteiger partial charge in [0.15, 0.2) is 0 Å². The average Bonchev–Trinajstić information content (AvgIpc) is 2.26. The molecule has 0 radical (unpaired) electrons. The van der Waals surface area contributed by atoms with Crippen LogP contribution in [0.4, 0.5) is 0 Å². The van der Waals surface area contributed by atoms with Gasteiger partial charge in [-0.3, -0.25) is 0 Å². The normalized spacial score (nSPS) is 11.9. The lowest BCUT2D eigenvalue weighted by Crippen LogP contribution is -2.22. The Morgan fingerprint density at radius 3 is 2.29 bits per heavy atom. The summed E-state index contributed by atoms with van der Waals surface area (Å²) in [6, 6.07) is 2.46. The number of aryl methyl sites for hydroxylation is 1. The van der Waals surface area contributed by atoms with Crippen molar-refractivity contribution in [1.29, 1.82) is 0 Å². The molecule has 2 nitrogen and oxygen atoms in total. The lowest BCUT2D eigenvalue weighted by Gasteiger charge is -2.17. The predicted octanol–water partition coefficient (Wildman–Crippen LogP) is 3.32. The van der Waals surface area contributed by atoms with E-state index in [0.29, 0.717) is 0 Å². The molecule has 2 N–H and O–H groups in total. The molecular formula is C14H24ClNO. The Bertz CT molecular complexity index is 377. The zero-order valence-electron chi connectivity index (χ0n) is 11.5. The first-order valence-electron chi connectivity index (χ1n) is 5.90. The van der Waals surface area contributed by atoms with E-state index < -0.39 is 0 Å². The molecule has 1 unspecified atom stereocenters. The smallest absolute Gasteiger partial charge is 0.124 e. The van der Waals surface area contributed by atoms with Gasteiger partial charge in [-0.2, -0.15) is 0 Å². The van der Waals surface area contributed by atoms with Gasteiger partial charge in [0.1, 0.15) is 5.75 Å². The summed E-state index contributed by atoms with van der Waals surface area (Å²) in [5, 5.41) is 0. The van der Waals surface area contributed by atoms with Gasteiger partial charge in [-0.25, -0.2) is 0 Å². The van der Waals surface area contributed by atoms with Gasteiger partial charge in [0.2, 0.25) is 0 Å². The van der Waals surface area contributed by atoms with Crippen LogP contribution in [0.2, 0.25) is 0 Å². The number of hydrogen-bond donors (Lipinski definition) is 1. The van der Waals surface area contributed by atoms with Crippen LogP contribution in [0, 0.1) is 20.8 Å². The summed E-state index contributed by atoms with van der Waals surface area (Å²) in [7, 11) is 1.73. The third-order valence-electron chi connectivity index (χ3n) is 3.34. The molecule has 1 aromatic carbocycles. The number of methoxy groups -OCH3 is 1. The fourth-order valence-corrected chi connectivity index (χ4v) is 2.09. The second kappa shape index (κ2) is 6.87. The van der Waals surface area contributed by atoms with Gasteiger partial charge >= 0.3 is 0 Å². The quantitative estimate of drug-likeness (QED) is 0.898. The average molecular weight is 258 g/mol. The lowest BCUT2D eigenvalue weighted by atomic mass is 9.94. The number of nitrogens with two attached hydrogens (primary N) is 1. The first-order chi connectivity index (χ1) is 7.51. The standard InChI is InChI=1S/C14H23NO.ClH/c1-6-13(15)8-12-7-9(2)14(16-5)11(4)10(12)3;/h7,13H,6,8,15H2,1-5H3;1H. The van der Waals surface area contributed by atoms with E-state index in [9.17, 15) is 0 Å². The fourth-order valence-electron chi connectivity index (χ4n) is 2.09. The molecule has 0 aliphatic heterocycles. The van der Waals surface area contributed by atoms with Gasteiger partial charge < -0.3 is 10.5 Å². The van der Waals surface area contributed by atoms with E-state index in [-0.39, 0.29) is 18.4 Å². The Balaban J connectivity index is 0.00000256. The number of halogens is 1. The summed E-state index contributed by atoms with van der Waals surface area (Å²) >= 11 is 0. The van der Waals surface area contributed by atoms with Crippen molar-refractivity contribution in [3.8, 4) is 5.75 Å². The summed E-state index contributed by atoms with van der Waals surface area (Å²) in [6.07, 6.45) is 1.97. The van der Waals surface area contributed by atoms with Gasteiger partial charge in [0, 0.05) is 6.04 Å². The van der Waals surface area contributed by atoms with Crippen molar-refractivity contribution < 1.29 is 4.74 Å². The van der Waals surface area contributed by atoms with Crippen LogP contribution in [0.3, 0.4) is 0 Å². The summed E-state index contributed by atoms with van der Waals surface area (Å²) < 4.78 is 5.41. The molecule has 0 bridgehead atoms. The van der Waals surface area contributed by atoms with Crippen molar-refractivity contribution in [2.75, 3.05) is 7.11 Å². The molecule has 0 saturated carbocycles. The Hall–Kier alpha value is -0.730. The molecule has 0 aliphatic carbocycles. The van der Waals surface area contributed by atoms with Crippen molar-refractivity contribution in [1.82, 2.24) is 0 Å². The van der Waals surface area contributed by atoms with E-state index in [4.69, 9.17) is 10.5 Å². The third-order valence-corrected chi connectivity index (χ3v) is 3.34. The highest BCUT2D eigenvalue weighted by molar-refractivity contribution is 5.85. The minimum Gasteiger partial charge on any atom is -0.496 e. The van der Waals surface area contributed by atoms with Crippen molar-refractivity contribution >= 4 is 12.4 Å². The van der Waals surface area contributed by atoms with Gasteiger partial charge in [-0.15, -0.1) is 12.4 Å². The minimum absolute atomic E-state index is 0. The molecule has 1 atom stereocenters. The van der Waals surface area contributed by atoms with Crippen LogP contribution in [0.15, 0.2) is 6.07 Å². The van der Waals surface area contributed by atoms with Crippen molar-refractivity contribution in [3.05, 3.63) is 28.3 Å². The lowest BCUT2D eigenvalue weighted by molar-refractivity contribution is 0.408. The molecule has 98 valence electrons. The SMILES string of the molecule is CCC(N)Cc1cc(C)c(OC)c(C)c1C.Cl. The van der Waals surface area contributed by atoms with E-state index in [0.717, 1.165) is 18.6 Å². The third kappa shape index (κ3) is 3.62. The van der Waals surface area contributed by atoms with Crippen LogP contribution in [0.1, 0.15) is 35.6 Å². The highest BCUT2D eigenvalue weighted by Gasteiger charge is 2.12. The molecule has 1 rings (SSSR count). The molecule has 0 aliphatic rings. The fraction of sp³-hybridized carbons (Fsp3) is 0.571. The predicted molar refractivity (Wildman–Crippen MR) is 76.4 cm³/mol. The molecule has 0 heterocycles. The van der Waals surface area contributed by atoms with Crippen molar-refractivity contribution in [3.63, 3.8) is 0 Å². The van der Waals surface area contributed by atoms with E-state index in [1.807, 2.05) is 0 Å². The van der Waals surface area contributed by atoms with E-state index >= 15 is 0 Å². The first kappa shape index (κ1) is 16.3. The number of hydrogen-bond acceptors (Lipinski definition) is 2. The van der Waals surface area contributed by atoms with Crippen molar-refractivity contribution in [2.45, 2.75) is 46.6 Å².